The lowest BCUT2D eigenvalue weighted by Crippen LogP contribution is -2.26. The van der Waals surface area contributed by atoms with Gasteiger partial charge in [-0.2, -0.15) is 5.10 Å². The average molecular weight is 139 g/mol. The minimum Gasteiger partial charge on any atom is -0.384 e. The molecule has 1 heterocycles. The van der Waals surface area contributed by atoms with Crippen LogP contribution in [0.25, 0.3) is 0 Å². The van der Waals surface area contributed by atoms with E-state index >= 15 is 0 Å². The smallest absolute Gasteiger partial charge is 0.116 e. The van der Waals surface area contributed by atoms with Crippen LogP contribution >= 0.6 is 0 Å². The Morgan fingerprint density at radius 2 is 2.50 bits per heavy atom. The van der Waals surface area contributed by atoms with E-state index in [-0.39, 0.29) is 0 Å². The van der Waals surface area contributed by atoms with Crippen LogP contribution in [0.15, 0.2) is 17.0 Å². The summed E-state index contributed by atoms with van der Waals surface area (Å²) in [5.41, 5.74) is 5.65. The third-order valence-corrected chi connectivity index (χ3v) is 1.47. The van der Waals surface area contributed by atoms with Crippen LogP contribution in [0, 0.1) is 5.92 Å². The van der Waals surface area contributed by atoms with E-state index in [9.17, 15) is 0 Å². The van der Waals surface area contributed by atoms with Crippen molar-refractivity contribution in [3.63, 3.8) is 0 Å². The van der Waals surface area contributed by atoms with Gasteiger partial charge in [0.1, 0.15) is 5.82 Å². The second-order valence-electron chi connectivity index (χ2n) is 2.43. The first-order chi connectivity index (χ1) is 4.74. The van der Waals surface area contributed by atoms with E-state index in [1.807, 2.05) is 19.2 Å². The Morgan fingerprint density at radius 1 is 1.80 bits per heavy atom. The van der Waals surface area contributed by atoms with Crippen molar-refractivity contribution >= 4 is 6.21 Å². The number of hydrogen-bond donors (Lipinski definition) is 1. The second kappa shape index (κ2) is 2.73. The summed E-state index contributed by atoms with van der Waals surface area (Å²) < 4.78 is 0. The van der Waals surface area contributed by atoms with Crippen LogP contribution in [0.1, 0.15) is 13.8 Å². The first-order valence-corrected chi connectivity index (χ1v) is 3.53. The highest BCUT2D eigenvalue weighted by Crippen LogP contribution is 2.08. The largest absolute Gasteiger partial charge is 0.384 e. The second-order valence-corrected chi connectivity index (χ2v) is 2.43. The molecule has 56 valence electrons. The van der Waals surface area contributed by atoms with Crippen molar-refractivity contribution in [3.8, 4) is 0 Å². The topological polar surface area (TPSA) is 41.6 Å². The molecule has 0 saturated carbocycles. The van der Waals surface area contributed by atoms with E-state index < -0.39 is 0 Å². The molecule has 0 aromatic carbocycles. The minimum atomic E-state index is 0.378. The van der Waals surface area contributed by atoms with Crippen LogP contribution < -0.4 is 5.73 Å². The van der Waals surface area contributed by atoms with Gasteiger partial charge in [0.05, 0.1) is 0 Å². The molecule has 1 atom stereocenters. The van der Waals surface area contributed by atoms with Gasteiger partial charge in [-0.1, -0.05) is 6.92 Å². The van der Waals surface area contributed by atoms with Crippen LogP contribution in [0.2, 0.25) is 0 Å². The fraction of sp³-hybridized carbons (Fsp3) is 0.571. The molecule has 1 aliphatic heterocycles. The molecule has 0 aliphatic carbocycles. The van der Waals surface area contributed by atoms with Crippen molar-refractivity contribution in [1.29, 1.82) is 0 Å². The van der Waals surface area contributed by atoms with Crippen LogP contribution in [0.5, 0.6) is 0 Å². The van der Waals surface area contributed by atoms with Gasteiger partial charge in [0, 0.05) is 18.7 Å². The maximum absolute atomic E-state index is 5.65. The van der Waals surface area contributed by atoms with Gasteiger partial charge < -0.3 is 5.73 Å². The first kappa shape index (κ1) is 7.12. The average Bonchev–Trinajstić information content (AvgIpc) is 1.88. The van der Waals surface area contributed by atoms with Gasteiger partial charge in [0.25, 0.3) is 0 Å². The van der Waals surface area contributed by atoms with Gasteiger partial charge >= 0.3 is 0 Å². The van der Waals surface area contributed by atoms with E-state index in [1.165, 1.54) is 0 Å². The van der Waals surface area contributed by atoms with Crippen LogP contribution in [0.3, 0.4) is 0 Å². The summed E-state index contributed by atoms with van der Waals surface area (Å²) in [6, 6.07) is 0. The highest BCUT2D eigenvalue weighted by atomic mass is 15.5. The molecule has 10 heavy (non-hydrogen) atoms. The van der Waals surface area contributed by atoms with E-state index in [0.29, 0.717) is 5.92 Å². The predicted molar refractivity (Wildman–Crippen MR) is 42.3 cm³/mol. The van der Waals surface area contributed by atoms with Gasteiger partial charge in [0.15, 0.2) is 0 Å². The van der Waals surface area contributed by atoms with E-state index in [0.717, 1.165) is 12.4 Å². The number of hydrogen-bond acceptors (Lipinski definition) is 3. The Hall–Kier alpha value is -0.990. The number of nitrogens with zero attached hydrogens (tertiary/aromatic N) is 2. The molecular formula is C7H13N3. The Labute approximate surface area is 61.2 Å². The minimum absolute atomic E-state index is 0.378. The summed E-state index contributed by atoms with van der Waals surface area (Å²) in [5.74, 6) is 1.14. The highest BCUT2D eigenvalue weighted by molar-refractivity contribution is 5.63. The van der Waals surface area contributed by atoms with Gasteiger partial charge in [-0.3, -0.25) is 5.01 Å². The van der Waals surface area contributed by atoms with Crippen molar-refractivity contribution < 1.29 is 0 Å². The zero-order chi connectivity index (χ0) is 7.56. The normalized spacial score (nSPS) is 24.8. The number of nitrogens with two attached hydrogens (primary N) is 1. The molecular weight excluding hydrogens is 126 g/mol. The lowest BCUT2D eigenvalue weighted by atomic mass is 10.2. The number of rotatable bonds is 1. The molecule has 0 spiro atoms. The molecule has 0 amide bonds. The molecule has 0 fully saturated rings. The molecule has 0 aromatic rings. The standard InChI is InChI=1S/C7H13N3/c1-3-10-7(8)4-6(2)5-9-10/h4-6H,3,8H2,1-2H3. The van der Waals surface area contributed by atoms with E-state index in [4.69, 9.17) is 5.73 Å². The zero-order valence-electron chi connectivity index (χ0n) is 6.41. The van der Waals surface area contributed by atoms with Gasteiger partial charge in [0.2, 0.25) is 0 Å². The summed E-state index contributed by atoms with van der Waals surface area (Å²) in [6.45, 7) is 4.92. The fourth-order valence-corrected chi connectivity index (χ4v) is 0.915. The molecule has 0 bridgehead atoms. The van der Waals surface area contributed by atoms with Crippen molar-refractivity contribution in [2.24, 2.45) is 16.8 Å². The third-order valence-electron chi connectivity index (χ3n) is 1.47. The SMILES string of the molecule is CCN1N=CC(C)C=C1N. The molecule has 2 N–H and O–H groups in total. The van der Waals surface area contributed by atoms with Crippen molar-refractivity contribution in [2.45, 2.75) is 13.8 Å². The van der Waals surface area contributed by atoms with Crippen LogP contribution in [0.4, 0.5) is 0 Å². The molecule has 3 heteroatoms. The zero-order valence-corrected chi connectivity index (χ0v) is 6.41. The van der Waals surface area contributed by atoms with E-state index in [2.05, 4.69) is 12.0 Å². The lowest BCUT2D eigenvalue weighted by Gasteiger charge is -2.21. The Balaban J connectivity index is 2.66. The summed E-state index contributed by atoms with van der Waals surface area (Å²) in [6.07, 6.45) is 3.89. The van der Waals surface area contributed by atoms with Crippen molar-refractivity contribution in [2.75, 3.05) is 6.54 Å². The van der Waals surface area contributed by atoms with E-state index in [1.54, 1.807) is 5.01 Å². The third kappa shape index (κ3) is 1.29. The Kier molecular flexibility index (Phi) is 1.94. The molecule has 1 aliphatic rings. The molecule has 0 saturated heterocycles. The van der Waals surface area contributed by atoms with Crippen molar-refractivity contribution in [1.82, 2.24) is 5.01 Å². The van der Waals surface area contributed by atoms with Crippen molar-refractivity contribution in [3.05, 3.63) is 11.9 Å². The molecule has 0 aromatic heterocycles. The van der Waals surface area contributed by atoms with Gasteiger partial charge in [-0.25, -0.2) is 0 Å². The van der Waals surface area contributed by atoms with Gasteiger partial charge in [-0.05, 0) is 13.0 Å². The lowest BCUT2D eigenvalue weighted by molar-refractivity contribution is 0.370. The fourth-order valence-electron chi connectivity index (χ4n) is 0.915. The maximum Gasteiger partial charge on any atom is 0.116 e. The maximum atomic E-state index is 5.65. The van der Waals surface area contributed by atoms with Gasteiger partial charge in [-0.15, -0.1) is 0 Å². The summed E-state index contributed by atoms with van der Waals surface area (Å²) >= 11 is 0. The summed E-state index contributed by atoms with van der Waals surface area (Å²) in [5, 5.41) is 5.90. The molecule has 1 rings (SSSR count). The monoisotopic (exact) mass is 139 g/mol. The number of hydrazone groups is 1. The first-order valence-electron chi connectivity index (χ1n) is 3.53. The quantitative estimate of drug-likeness (QED) is 0.582. The predicted octanol–water partition coefficient (Wildman–Crippen LogP) is 0.744. The van der Waals surface area contributed by atoms with Crippen LogP contribution in [-0.4, -0.2) is 17.8 Å². The Bertz CT molecular complexity index is 172. The molecule has 3 nitrogen and oxygen atoms in total. The molecule has 1 unspecified atom stereocenters. The Morgan fingerprint density at radius 3 is 3.00 bits per heavy atom. The number of allylic oxidation sites excluding steroid dienone is 1. The summed E-state index contributed by atoms with van der Waals surface area (Å²) in [4.78, 5) is 0. The molecule has 0 radical (unpaired) electrons. The van der Waals surface area contributed by atoms with Crippen LogP contribution in [-0.2, 0) is 0 Å². The highest BCUT2D eigenvalue weighted by Gasteiger charge is 2.07. The summed E-state index contributed by atoms with van der Waals surface area (Å²) in [7, 11) is 0.